The quantitative estimate of drug-likeness (QED) is 0.190. The summed E-state index contributed by atoms with van der Waals surface area (Å²) in [6.07, 6.45) is -3.24. The van der Waals surface area contributed by atoms with Crippen LogP contribution in [0.2, 0.25) is 0 Å². The molecule has 9 nitrogen and oxygen atoms in total. The van der Waals surface area contributed by atoms with Crippen molar-refractivity contribution in [2.24, 2.45) is 0 Å². The smallest absolute Gasteiger partial charge is 0.355 e. The number of para-hydroxylation sites is 1. The van der Waals surface area contributed by atoms with Gasteiger partial charge in [-0.3, -0.25) is 13.9 Å². The first kappa shape index (κ1) is 29.6. The van der Waals surface area contributed by atoms with E-state index in [9.17, 15) is 27.4 Å². The monoisotopic (exact) mass is 615 g/mol. The summed E-state index contributed by atoms with van der Waals surface area (Å²) in [4.78, 5) is 29.4. The molecule has 14 heteroatoms. The van der Waals surface area contributed by atoms with E-state index in [1.54, 1.807) is 30.3 Å². The molecule has 4 N–H and O–H groups in total. The molecule has 0 bridgehead atoms. The number of hydrogen-bond donors (Lipinski definition) is 4. The number of benzene rings is 2. The van der Waals surface area contributed by atoms with Gasteiger partial charge in [0.2, 0.25) is 5.95 Å². The van der Waals surface area contributed by atoms with Crippen molar-refractivity contribution in [3.8, 4) is 0 Å². The molecule has 0 aliphatic carbocycles. The van der Waals surface area contributed by atoms with Gasteiger partial charge in [0, 0.05) is 17.7 Å². The summed E-state index contributed by atoms with van der Waals surface area (Å²) >= 11 is 3.43. The van der Waals surface area contributed by atoms with Crippen molar-refractivity contribution in [2.75, 3.05) is 17.7 Å². The molecule has 204 valence electrons. The predicted octanol–water partition coefficient (Wildman–Crippen LogP) is 6.52. The summed E-state index contributed by atoms with van der Waals surface area (Å²) in [6, 6.07) is 11.1. The van der Waals surface area contributed by atoms with E-state index in [1.807, 2.05) is 13.8 Å². The van der Waals surface area contributed by atoms with Crippen LogP contribution in [0, 0.1) is 0 Å². The number of amides is 1. The topological polar surface area (TPSA) is 125 Å². The number of carbonyl (C=O) groups is 1. The van der Waals surface area contributed by atoms with Crippen LogP contribution in [-0.4, -0.2) is 27.8 Å². The largest absolute Gasteiger partial charge is 0.421 e. The van der Waals surface area contributed by atoms with E-state index < -0.39 is 37.3 Å². The minimum absolute atomic E-state index is 0.131. The average molecular weight is 616 g/mol. The first-order valence-electron chi connectivity index (χ1n) is 11.5. The fourth-order valence-electron chi connectivity index (χ4n) is 3.85. The van der Waals surface area contributed by atoms with E-state index >= 15 is 0 Å². The Kier molecular flexibility index (Phi) is 9.53. The molecule has 1 atom stereocenters. The molecule has 2 aromatic carbocycles. The maximum absolute atomic E-state index is 13.7. The normalized spacial score (nSPS) is 12.6. The van der Waals surface area contributed by atoms with E-state index in [-0.39, 0.29) is 17.2 Å². The van der Waals surface area contributed by atoms with E-state index in [0.717, 1.165) is 0 Å². The average Bonchev–Trinajstić information content (AvgIpc) is 2.87. The zero-order valence-corrected chi connectivity index (χ0v) is 23.2. The van der Waals surface area contributed by atoms with Crippen LogP contribution in [0.5, 0.6) is 0 Å². The summed E-state index contributed by atoms with van der Waals surface area (Å²) < 4.78 is 58.5. The number of alkyl halides is 3. The Labute approximate surface area is 226 Å². The lowest BCUT2D eigenvalue weighted by atomic mass is 9.88. The number of halogens is 4. The third-order valence-electron chi connectivity index (χ3n) is 5.91. The van der Waals surface area contributed by atoms with Crippen molar-refractivity contribution in [1.82, 2.24) is 15.3 Å². The molecule has 0 fully saturated rings. The Morgan fingerprint density at radius 2 is 1.79 bits per heavy atom. The molecular weight excluding hydrogens is 590 g/mol. The molecule has 0 saturated carbocycles. The number of carbonyl (C=O) groups excluding carboxylic acids is 1. The van der Waals surface area contributed by atoms with Crippen LogP contribution in [0.3, 0.4) is 0 Å². The molecule has 1 aromatic heterocycles. The van der Waals surface area contributed by atoms with Crippen LogP contribution in [0.25, 0.3) is 0 Å². The fourth-order valence-corrected chi connectivity index (χ4v) is 5.06. The second kappa shape index (κ2) is 12.2. The van der Waals surface area contributed by atoms with Gasteiger partial charge in [-0.05, 0) is 58.6 Å². The minimum atomic E-state index is -4.76. The highest BCUT2D eigenvalue weighted by Crippen LogP contribution is 2.42. The van der Waals surface area contributed by atoms with E-state index in [4.69, 9.17) is 4.52 Å². The van der Waals surface area contributed by atoms with Crippen LogP contribution in [0.4, 0.5) is 36.3 Å². The second-order valence-corrected chi connectivity index (χ2v) is 9.68. The zero-order chi connectivity index (χ0) is 28.1. The molecule has 38 heavy (non-hydrogen) atoms. The molecule has 0 aliphatic rings. The van der Waals surface area contributed by atoms with Crippen LogP contribution in [0.1, 0.15) is 48.2 Å². The molecule has 0 saturated heterocycles. The van der Waals surface area contributed by atoms with Crippen LogP contribution in [0.15, 0.2) is 53.1 Å². The summed E-state index contributed by atoms with van der Waals surface area (Å²) in [5, 5.41) is 7.94. The van der Waals surface area contributed by atoms with Gasteiger partial charge in [0.1, 0.15) is 17.0 Å². The van der Waals surface area contributed by atoms with E-state index in [1.165, 1.54) is 19.2 Å². The van der Waals surface area contributed by atoms with Crippen molar-refractivity contribution in [3.63, 3.8) is 0 Å². The van der Waals surface area contributed by atoms with Crippen LogP contribution < -0.4 is 16.0 Å². The number of rotatable bonds is 10. The third-order valence-corrected chi connectivity index (χ3v) is 7.13. The second-order valence-electron chi connectivity index (χ2n) is 8.09. The molecule has 3 rings (SSSR count). The molecule has 3 aromatic rings. The summed E-state index contributed by atoms with van der Waals surface area (Å²) in [5.74, 6) is -1.17. The molecular formula is C24H26BrF3N5O4P. The molecule has 1 unspecified atom stereocenters. The van der Waals surface area contributed by atoms with Gasteiger partial charge in [-0.2, -0.15) is 18.2 Å². The van der Waals surface area contributed by atoms with Gasteiger partial charge in [0.15, 0.2) is 0 Å². The molecule has 1 heterocycles. The number of aromatic nitrogens is 2. The van der Waals surface area contributed by atoms with Gasteiger partial charge in [0.05, 0.1) is 16.9 Å². The van der Waals surface area contributed by atoms with E-state index in [2.05, 4.69) is 41.8 Å². The van der Waals surface area contributed by atoms with Crippen molar-refractivity contribution >= 4 is 53.2 Å². The fraction of sp³-hybridized carbons (Fsp3) is 0.292. The van der Waals surface area contributed by atoms with Gasteiger partial charge >= 0.3 is 14.4 Å². The standard InChI is InChI=1S/C24H26BrF3N5O4P/c1-4-23(5-2,37-38(35)36)14-10-11-19(17(25)12-14)32-22-30-13-16(24(26,27)28)20(33-22)31-18-9-7-6-8-15(18)21(34)29-3/h6-13,38H,4-5H2,1-3H3,(H,29,34)(H,35,36)(H2,30,31,32,33). The number of nitrogens with zero attached hydrogens (tertiary/aromatic N) is 2. The van der Waals surface area contributed by atoms with Gasteiger partial charge in [0.25, 0.3) is 5.91 Å². The number of hydrogen-bond acceptors (Lipinski definition) is 7. The van der Waals surface area contributed by atoms with Crippen molar-refractivity contribution in [2.45, 2.75) is 38.5 Å². The predicted molar refractivity (Wildman–Crippen MR) is 142 cm³/mol. The van der Waals surface area contributed by atoms with Crippen LogP contribution in [-0.2, 0) is 20.9 Å². The van der Waals surface area contributed by atoms with Gasteiger partial charge in [-0.1, -0.05) is 32.0 Å². The van der Waals surface area contributed by atoms with E-state index in [0.29, 0.717) is 34.8 Å². The Morgan fingerprint density at radius 3 is 2.37 bits per heavy atom. The first-order valence-corrected chi connectivity index (χ1v) is 13.5. The minimum Gasteiger partial charge on any atom is -0.355 e. The Hall–Kier alpha value is -2.99. The summed E-state index contributed by atoms with van der Waals surface area (Å²) in [7, 11) is -1.80. The third kappa shape index (κ3) is 6.71. The van der Waals surface area contributed by atoms with Gasteiger partial charge < -0.3 is 20.8 Å². The maximum atomic E-state index is 13.7. The lowest BCUT2D eigenvalue weighted by Gasteiger charge is -2.31. The zero-order valence-electron chi connectivity index (χ0n) is 20.6. The maximum Gasteiger partial charge on any atom is 0.421 e. The number of anilines is 4. The summed E-state index contributed by atoms with van der Waals surface area (Å²) in [6.45, 7) is 3.67. The Bertz CT molecular complexity index is 1340. The van der Waals surface area contributed by atoms with Crippen LogP contribution >= 0.6 is 24.2 Å². The highest BCUT2D eigenvalue weighted by Gasteiger charge is 2.36. The number of nitrogens with one attached hydrogen (secondary N) is 3. The van der Waals surface area contributed by atoms with Crippen molar-refractivity contribution in [1.29, 1.82) is 0 Å². The first-order chi connectivity index (χ1) is 17.9. The van der Waals surface area contributed by atoms with Crippen molar-refractivity contribution in [3.05, 3.63) is 69.8 Å². The Morgan fingerprint density at radius 1 is 1.11 bits per heavy atom. The summed E-state index contributed by atoms with van der Waals surface area (Å²) in [5.41, 5.74) is -0.747. The van der Waals surface area contributed by atoms with Crippen molar-refractivity contribution < 1.29 is 31.9 Å². The highest BCUT2D eigenvalue weighted by atomic mass is 79.9. The SMILES string of the molecule is CCC(CC)(O[PH](=O)O)c1ccc(Nc2ncc(C(F)(F)F)c(Nc3ccccc3C(=O)NC)n2)c(Br)c1. The highest BCUT2D eigenvalue weighted by molar-refractivity contribution is 9.10. The Balaban J connectivity index is 1.98. The molecule has 0 spiro atoms. The van der Waals surface area contributed by atoms with Gasteiger partial charge in [-0.15, -0.1) is 0 Å². The lowest BCUT2D eigenvalue weighted by Crippen LogP contribution is -2.25. The molecule has 0 radical (unpaired) electrons. The van der Waals surface area contributed by atoms with Gasteiger partial charge in [-0.25, -0.2) is 4.98 Å². The molecule has 0 aliphatic heterocycles. The lowest BCUT2D eigenvalue weighted by molar-refractivity contribution is -0.137. The molecule has 1 amide bonds.